The summed E-state index contributed by atoms with van der Waals surface area (Å²) in [5.41, 5.74) is 6.75. The minimum absolute atomic E-state index is 0.645. The normalized spacial score (nSPS) is 14.9. The monoisotopic (exact) mass is 221 g/mol. The van der Waals surface area contributed by atoms with Crippen LogP contribution in [0.25, 0.3) is 0 Å². The molecule has 1 aromatic rings. The van der Waals surface area contributed by atoms with Gasteiger partial charge in [-0.2, -0.15) is 0 Å². The molecule has 88 valence electrons. The van der Waals surface area contributed by atoms with E-state index in [0.29, 0.717) is 6.54 Å². The topological polar surface area (TPSA) is 44.5 Å². The third-order valence-electron chi connectivity index (χ3n) is 2.86. The Balaban J connectivity index is 2.08. The van der Waals surface area contributed by atoms with Gasteiger partial charge in [-0.05, 0) is 43.4 Å². The molecule has 0 amide bonds. The van der Waals surface area contributed by atoms with Crippen molar-refractivity contribution in [1.82, 2.24) is 0 Å². The van der Waals surface area contributed by atoms with Gasteiger partial charge in [0, 0.05) is 6.07 Å². The first-order chi connectivity index (χ1) is 7.83. The molecule has 0 atom stereocenters. The molecule has 3 nitrogen and oxygen atoms in total. The van der Waals surface area contributed by atoms with Crippen LogP contribution in [-0.4, -0.2) is 20.3 Å². The molecule has 16 heavy (non-hydrogen) atoms. The van der Waals surface area contributed by atoms with Crippen LogP contribution in [0.2, 0.25) is 0 Å². The minimum Gasteiger partial charge on any atom is -0.497 e. The average Bonchev–Trinajstić information content (AvgIpc) is 3.12. The second-order valence-corrected chi connectivity index (χ2v) is 4.27. The van der Waals surface area contributed by atoms with Gasteiger partial charge < -0.3 is 15.2 Å². The zero-order chi connectivity index (χ0) is 11.4. The maximum atomic E-state index is 5.82. The molecule has 0 aromatic heterocycles. The van der Waals surface area contributed by atoms with E-state index in [0.717, 1.165) is 30.4 Å². The van der Waals surface area contributed by atoms with Crippen molar-refractivity contribution in [2.24, 2.45) is 11.7 Å². The molecule has 0 unspecified atom stereocenters. The number of rotatable bonds is 6. The Morgan fingerprint density at radius 2 is 2.19 bits per heavy atom. The molecule has 2 N–H and O–H groups in total. The molecule has 3 heteroatoms. The fourth-order valence-corrected chi connectivity index (χ4v) is 1.65. The van der Waals surface area contributed by atoms with Crippen molar-refractivity contribution in [3.05, 3.63) is 23.8 Å². The first-order valence-corrected chi connectivity index (χ1v) is 5.83. The highest BCUT2D eigenvalue weighted by molar-refractivity contribution is 5.41. The van der Waals surface area contributed by atoms with Crippen molar-refractivity contribution in [3.8, 4) is 11.5 Å². The quantitative estimate of drug-likeness (QED) is 0.799. The molecule has 0 saturated heterocycles. The van der Waals surface area contributed by atoms with Crippen molar-refractivity contribution >= 4 is 0 Å². The summed E-state index contributed by atoms with van der Waals surface area (Å²) in [4.78, 5) is 0. The van der Waals surface area contributed by atoms with Gasteiger partial charge in [-0.3, -0.25) is 0 Å². The van der Waals surface area contributed by atoms with Crippen LogP contribution in [-0.2, 0) is 6.42 Å². The van der Waals surface area contributed by atoms with E-state index in [4.69, 9.17) is 15.2 Å². The number of ether oxygens (including phenoxy) is 2. The summed E-state index contributed by atoms with van der Waals surface area (Å²) in [6.45, 7) is 1.47. The van der Waals surface area contributed by atoms with Gasteiger partial charge in [0.05, 0.1) is 13.7 Å². The van der Waals surface area contributed by atoms with Gasteiger partial charge in [0.15, 0.2) is 0 Å². The molecule has 1 aliphatic rings. The SMILES string of the molecule is COc1ccc(CCN)c(OCC2CC2)c1. The summed E-state index contributed by atoms with van der Waals surface area (Å²) < 4.78 is 11.0. The minimum atomic E-state index is 0.645. The van der Waals surface area contributed by atoms with E-state index in [2.05, 4.69) is 0 Å². The van der Waals surface area contributed by atoms with E-state index in [1.165, 1.54) is 18.4 Å². The Kier molecular flexibility index (Phi) is 3.67. The molecule has 1 aliphatic carbocycles. The first kappa shape index (κ1) is 11.3. The lowest BCUT2D eigenvalue weighted by atomic mass is 10.1. The molecular weight excluding hydrogens is 202 g/mol. The summed E-state index contributed by atoms with van der Waals surface area (Å²) in [6.07, 6.45) is 3.45. The third kappa shape index (κ3) is 2.89. The predicted octanol–water partition coefficient (Wildman–Crippen LogP) is 1.99. The maximum Gasteiger partial charge on any atom is 0.126 e. The van der Waals surface area contributed by atoms with E-state index in [9.17, 15) is 0 Å². The van der Waals surface area contributed by atoms with Gasteiger partial charge in [-0.15, -0.1) is 0 Å². The summed E-state index contributed by atoms with van der Waals surface area (Å²) in [6, 6.07) is 5.94. The number of methoxy groups -OCH3 is 1. The molecule has 0 heterocycles. The van der Waals surface area contributed by atoms with Crippen molar-refractivity contribution < 1.29 is 9.47 Å². The molecule has 0 radical (unpaired) electrons. The largest absolute Gasteiger partial charge is 0.497 e. The maximum absolute atomic E-state index is 5.82. The van der Waals surface area contributed by atoms with Crippen molar-refractivity contribution in [3.63, 3.8) is 0 Å². The lowest BCUT2D eigenvalue weighted by Crippen LogP contribution is -2.07. The van der Waals surface area contributed by atoms with Gasteiger partial charge in [0.1, 0.15) is 11.5 Å². The standard InChI is InChI=1S/C13H19NO2/c1-15-12-5-4-11(6-7-14)13(8-12)16-9-10-2-3-10/h4-5,8,10H,2-3,6-7,9,14H2,1H3. The molecule has 0 spiro atoms. The van der Waals surface area contributed by atoms with E-state index in [1.54, 1.807) is 7.11 Å². The number of nitrogens with two attached hydrogens (primary N) is 1. The Morgan fingerprint density at radius 1 is 1.38 bits per heavy atom. The summed E-state index contributed by atoms with van der Waals surface area (Å²) in [5.74, 6) is 2.53. The molecule has 0 aliphatic heterocycles. The van der Waals surface area contributed by atoms with E-state index in [-0.39, 0.29) is 0 Å². The number of benzene rings is 1. The van der Waals surface area contributed by atoms with Crippen molar-refractivity contribution in [2.45, 2.75) is 19.3 Å². The van der Waals surface area contributed by atoms with Gasteiger partial charge in [-0.25, -0.2) is 0 Å². The van der Waals surface area contributed by atoms with Gasteiger partial charge in [-0.1, -0.05) is 6.07 Å². The predicted molar refractivity (Wildman–Crippen MR) is 64.0 cm³/mol. The third-order valence-corrected chi connectivity index (χ3v) is 2.86. The smallest absolute Gasteiger partial charge is 0.126 e. The number of hydrogen-bond acceptors (Lipinski definition) is 3. The van der Waals surface area contributed by atoms with Gasteiger partial charge in [0.2, 0.25) is 0 Å². The van der Waals surface area contributed by atoms with Gasteiger partial charge in [0.25, 0.3) is 0 Å². The van der Waals surface area contributed by atoms with Gasteiger partial charge >= 0.3 is 0 Å². The highest BCUT2D eigenvalue weighted by atomic mass is 16.5. The van der Waals surface area contributed by atoms with Crippen LogP contribution in [0.1, 0.15) is 18.4 Å². The molecule has 1 saturated carbocycles. The lowest BCUT2D eigenvalue weighted by molar-refractivity contribution is 0.294. The highest BCUT2D eigenvalue weighted by Crippen LogP contribution is 2.31. The van der Waals surface area contributed by atoms with Crippen LogP contribution in [0.3, 0.4) is 0 Å². The highest BCUT2D eigenvalue weighted by Gasteiger charge is 2.22. The average molecular weight is 221 g/mol. The zero-order valence-corrected chi connectivity index (χ0v) is 9.74. The van der Waals surface area contributed by atoms with E-state index in [1.807, 2.05) is 18.2 Å². The van der Waals surface area contributed by atoms with Crippen LogP contribution in [0.4, 0.5) is 0 Å². The fourth-order valence-electron chi connectivity index (χ4n) is 1.65. The molecular formula is C13H19NO2. The van der Waals surface area contributed by atoms with Crippen LogP contribution < -0.4 is 15.2 Å². The molecule has 1 fully saturated rings. The Hall–Kier alpha value is -1.22. The van der Waals surface area contributed by atoms with Crippen LogP contribution in [0.15, 0.2) is 18.2 Å². The summed E-state index contributed by atoms with van der Waals surface area (Å²) >= 11 is 0. The van der Waals surface area contributed by atoms with Crippen LogP contribution >= 0.6 is 0 Å². The zero-order valence-electron chi connectivity index (χ0n) is 9.74. The Labute approximate surface area is 96.5 Å². The molecule has 2 rings (SSSR count). The van der Waals surface area contributed by atoms with E-state index < -0.39 is 0 Å². The Bertz CT molecular complexity index is 348. The molecule has 1 aromatic carbocycles. The lowest BCUT2D eigenvalue weighted by Gasteiger charge is -2.12. The van der Waals surface area contributed by atoms with Crippen LogP contribution in [0, 0.1) is 5.92 Å². The summed E-state index contributed by atoms with van der Waals surface area (Å²) in [7, 11) is 1.67. The Morgan fingerprint density at radius 3 is 2.81 bits per heavy atom. The fraction of sp³-hybridized carbons (Fsp3) is 0.538. The second kappa shape index (κ2) is 5.21. The number of hydrogen-bond donors (Lipinski definition) is 1. The van der Waals surface area contributed by atoms with E-state index >= 15 is 0 Å². The molecule has 0 bridgehead atoms. The van der Waals surface area contributed by atoms with Crippen molar-refractivity contribution in [1.29, 1.82) is 0 Å². The second-order valence-electron chi connectivity index (χ2n) is 4.27. The van der Waals surface area contributed by atoms with Crippen molar-refractivity contribution in [2.75, 3.05) is 20.3 Å². The first-order valence-electron chi connectivity index (χ1n) is 5.83. The van der Waals surface area contributed by atoms with Crippen LogP contribution in [0.5, 0.6) is 11.5 Å². The summed E-state index contributed by atoms with van der Waals surface area (Å²) in [5, 5.41) is 0.